The molecule has 11 heteroatoms. The summed E-state index contributed by atoms with van der Waals surface area (Å²) in [5, 5.41) is 0.737. The normalized spacial score (nSPS) is 12.9. The highest BCUT2D eigenvalue weighted by Gasteiger charge is 2.34. The average Bonchev–Trinajstić information content (AvgIpc) is 3.39. The maximum absolute atomic E-state index is 13.5. The molecule has 0 fully saturated rings. The van der Waals surface area contributed by atoms with Gasteiger partial charge < -0.3 is 13.9 Å². The third-order valence-corrected chi connectivity index (χ3v) is 8.51. The largest absolute Gasteiger partial charge is 0.489 e. The number of ether oxygens (including phenoxy) is 2. The van der Waals surface area contributed by atoms with Gasteiger partial charge >= 0.3 is 12.1 Å². The van der Waals surface area contributed by atoms with Crippen molar-refractivity contribution in [1.29, 1.82) is 0 Å². The van der Waals surface area contributed by atoms with Crippen molar-refractivity contribution in [2.45, 2.75) is 58.1 Å². The smallest absolute Gasteiger partial charge is 0.394 e. The molecule has 0 bridgehead atoms. The molecule has 0 spiro atoms. The van der Waals surface area contributed by atoms with Gasteiger partial charge in [0, 0.05) is 16.5 Å². The minimum absolute atomic E-state index is 0.0249. The van der Waals surface area contributed by atoms with Crippen molar-refractivity contribution in [1.82, 2.24) is 0 Å². The number of rotatable bonds is 10. The fourth-order valence-electron chi connectivity index (χ4n) is 4.29. The summed E-state index contributed by atoms with van der Waals surface area (Å²) in [7, 11) is -4.25. The maximum Gasteiger partial charge on any atom is 0.394 e. The molecule has 1 aromatic heterocycles. The Hall–Kier alpha value is -4.12. The summed E-state index contributed by atoms with van der Waals surface area (Å²) in [6, 6.07) is 18.7. The van der Waals surface area contributed by atoms with Gasteiger partial charge in [-0.25, -0.2) is 8.42 Å². The summed E-state index contributed by atoms with van der Waals surface area (Å²) in [6.07, 6.45) is -4.64. The van der Waals surface area contributed by atoms with Crippen molar-refractivity contribution >= 4 is 32.7 Å². The Morgan fingerprint density at radius 2 is 1.72 bits per heavy atom. The van der Waals surface area contributed by atoms with Gasteiger partial charge in [0.25, 0.3) is 10.0 Å². The molecular weight excluding hydrogens is 583 g/mol. The Bertz CT molecular complexity index is 1750. The first kappa shape index (κ1) is 31.8. The highest BCUT2D eigenvalue weighted by molar-refractivity contribution is 7.91. The number of nitrogens with zero attached hydrogens (tertiary/aromatic N) is 1. The number of hydrogen-bond acceptors (Lipinski definition) is 6. The van der Waals surface area contributed by atoms with E-state index in [0.717, 1.165) is 10.9 Å². The van der Waals surface area contributed by atoms with Crippen molar-refractivity contribution in [2.75, 3.05) is 6.61 Å². The molecule has 228 valence electrons. The summed E-state index contributed by atoms with van der Waals surface area (Å²) in [6.45, 7) is 6.26. The van der Waals surface area contributed by atoms with Crippen molar-refractivity contribution in [3.05, 3.63) is 89.7 Å². The van der Waals surface area contributed by atoms with Gasteiger partial charge in [-0.3, -0.25) is 4.79 Å². The zero-order chi connectivity index (χ0) is 31.4. The third-order valence-electron chi connectivity index (χ3n) is 6.50. The molecule has 0 unspecified atom stereocenters. The molecular formula is C32H32F3NO6S. The van der Waals surface area contributed by atoms with Gasteiger partial charge in [-0.2, -0.15) is 17.6 Å². The molecule has 43 heavy (non-hydrogen) atoms. The number of fused-ring (bicyclic) bond motifs is 1. The third kappa shape index (κ3) is 8.04. The van der Waals surface area contributed by atoms with Crippen LogP contribution in [0.4, 0.5) is 13.2 Å². The zero-order valence-electron chi connectivity index (χ0n) is 24.2. The molecule has 4 rings (SSSR count). The molecule has 0 saturated carbocycles. The Kier molecular flexibility index (Phi) is 9.34. The summed E-state index contributed by atoms with van der Waals surface area (Å²) < 4.78 is 85.2. The number of alkyl halides is 3. The van der Waals surface area contributed by atoms with E-state index in [0.29, 0.717) is 28.0 Å². The van der Waals surface area contributed by atoms with Crippen LogP contribution >= 0.6 is 0 Å². The topological polar surface area (TPSA) is 95.2 Å². The van der Waals surface area contributed by atoms with Crippen LogP contribution in [0.2, 0.25) is 0 Å². The molecule has 0 aliphatic carbocycles. The fraction of sp³-hybridized carbons (Fsp3) is 0.312. The molecule has 0 aliphatic rings. The van der Waals surface area contributed by atoms with Gasteiger partial charge in [-0.1, -0.05) is 36.4 Å². The summed E-state index contributed by atoms with van der Waals surface area (Å²) >= 11 is 0. The van der Waals surface area contributed by atoms with Crippen molar-refractivity contribution in [2.24, 2.45) is 4.40 Å². The van der Waals surface area contributed by atoms with Crippen LogP contribution in [0.1, 0.15) is 50.8 Å². The molecule has 0 radical (unpaired) electrons. The van der Waals surface area contributed by atoms with Crippen LogP contribution in [0.5, 0.6) is 5.75 Å². The van der Waals surface area contributed by atoms with Gasteiger partial charge in [-0.15, -0.1) is 0 Å². The average molecular weight is 616 g/mol. The number of sulfonamides is 1. The summed E-state index contributed by atoms with van der Waals surface area (Å²) in [5.74, 6) is 0.142. The number of halogens is 3. The standard InChI is InChI=1S/C32H32F3NO6S/c1-5-40-29(37)18-24-9-6-7-12-28(24)42-20-21-15-25-13-14-41-30(25)26(16-21)22-10-8-11-23(17-22)27(19-32(33,34)35)36-43(38,39)31(2,3)4/h6-17H,5,18-20H2,1-4H3. The van der Waals surface area contributed by atoms with E-state index in [1.807, 2.05) is 6.07 Å². The lowest BCUT2D eigenvalue weighted by Gasteiger charge is -2.18. The number of para-hydroxylation sites is 1. The van der Waals surface area contributed by atoms with Crippen LogP contribution in [0.15, 0.2) is 81.8 Å². The molecule has 1 heterocycles. The lowest BCUT2D eigenvalue weighted by atomic mass is 9.97. The fourth-order valence-corrected chi connectivity index (χ4v) is 5.02. The first-order chi connectivity index (χ1) is 20.2. The van der Waals surface area contributed by atoms with E-state index in [-0.39, 0.29) is 31.2 Å². The predicted octanol–water partition coefficient (Wildman–Crippen LogP) is 7.65. The number of benzene rings is 3. The van der Waals surface area contributed by atoms with Gasteiger partial charge in [-0.05, 0) is 74.7 Å². The van der Waals surface area contributed by atoms with Crippen LogP contribution in [-0.2, 0) is 32.6 Å². The Balaban J connectivity index is 1.71. The number of carbonyl (C=O) groups excluding carboxylic acids is 1. The number of furan rings is 1. The SMILES string of the molecule is CCOC(=O)Cc1ccccc1OCc1cc(-c2cccc(C(CC(F)(F)F)=NS(=O)(=O)C(C)(C)C)c2)c2occc2c1. The van der Waals surface area contributed by atoms with Gasteiger partial charge in [0.15, 0.2) is 0 Å². The second-order valence-corrected chi connectivity index (χ2v) is 13.2. The highest BCUT2D eigenvalue weighted by atomic mass is 32.2. The van der Waals surface area contributed by atoms with Crippen LogP contribution in [0.3, 0.4) is 0 Å². The summed E-state index contributed by atoms with van der Waals surface area (Å²) in [4.78, 5) is 12.0. The van der Waals surface area contributed by atoms with Gasteiger partial charge in [0.1, 0.15) is 17.9 Å². The molecule has 0 amide bonds. The number of carbonyl (C=O) groups is 1. The minimum Gasteiger partial charge on any atom is -0.489 e. The Labute approximate surface area is 248 Å². The van der Waals surface area contributed by atoms with E-state index >= 15 is 0 Å². The Morgan fingerprint density at radius 3 is 2.42 bits per heavy atom. The van der Waals surface area contributed by atoms with E-state index in [2.05, 4.69) is 4.40 Å². The molecule has 4 aromatic rings. The van der Waals surface area contributed by atoms with Crippen molar-refractivity contribution < 1.29 is 40.3 Å². The van der Waals surface area contributed by atoms with Crippen LogP contribution in [0.25, 0.3) is 22.1 Å². The van der Waals surface area contributed by atoms with Gasteiger partial charge in [0.2, 0.25) is 0 Å². The first-order valence-electron chi connectivity index (χ1n) is 13.5. The van der Waals surface area contributed by atoms with Crippen molar-refractivity contribution in [3.8, 4) is 16.9 Å². The van der Waals surface area contributed by atoms with Crippen LogP contribution < -0.4 is 4.74 Å². The first-order valence-corrected chi connectivity index (χ1v) is 15.0. The lowest BCUT2D eigenvalue weighted by molar-refractivity contribution is -0.142. The van der Waals surface area contributed by atoms with E-state index in [1.165, 1.54) is 39.2 Å². The quantitative estimate of drug-likeness (QED) is 0.134. The molecule has 0 atom stereocenters. The molecule has 0 saturated heterocycles. The molecule has 7 nitrogen and oxygen atoms in total. The Morgan fingerprint density at radius 1 is 0.977 bits per heavy atom. The lowest BCUT2D eigenvalue weighted by Crippen LogP contribution is -2.28. The maximum atomic E-state index is 13.5. The van der Waals surface area contributed by atoms with E-state index < -0.39 is 33.1 Å². The van der Waals surface area contributed by atoms with E-state index in [1.54, 1.807) is 55.5 Å². The molecule has 0 aliphatic heterocycles. The second kappa shape index (κ2) is 12.6. The predicted molar refractivity (Wildman–Crippen MR) is 159 cm³/mol. The summed E-state index contributed by atoms with van der Waals surface area (Å²) in [5.41, 5.74) is 2.41. The molecule has 3 aromatic carbocycles. The monoisotopic (exact) mass is 615 g/mol. The van der Waals surface area contributed by atoms with Crippen LogP contribution in [0, 0.1) is 0 Å². The van der Waals surface area contributed by atoms with Crippen LogP contribution in [-0.4, -0.2) is 37.6 Å². The van der Waals surface area contributed by atoms with Crippen molar-refractivity contribution in [3.63, 3.8) is 0 Å². The zero-order valence-corrected chi connectivity index (χ0v) is 25.0. The van der Waals surface area contributed by atoms with E-state index in [9.17, 15) is 26.4 Å². The second-order valence-electron chi connectivity index (χ2n) is 10.9. The highest BCUT2D eigenvalue weighted by Crippen LogP contribution is 2.34. The van der Waals surface area contributed by atoms with Gasteiger partial charge in [0.05, 0.1) is 36.2 Å². The number of esters is 1. The number of hydrogen-bond donors (Lipinski definition) is 0. The molecule has 0 N–H and O–H groups in total. The minimum atomic E-state index is -4.68. The van der Waals surface area contributed by atoms with E-state index in [4.69, 9.17) is 13.9 Å².